The molecule has 1 fully saturated rings. The number of hydrogen-bond acceptors (Lipinski definition) is 3. The van der Waals surface area contributed by atoms with Gasteiger partial charge in [0, 0.05) is 18.7 Å². The first-order chi connectivity index (χ1) is 9.24. The van der Waals surface area contributed by atoms with Crippen LogP contribution in [0.2, 0.25) is 0 Å². The molecule has 0 aromatic heterocycles. The van der Waals surface area contributed by atoms with Crippen molar-refractivity contribution in [2.24, 2.45) is 11.7 Å². The third-order valence-corrected chi connectivity index (χ3v) is 3.72. The van der Waals surface area contributed by atoms with Crippen molar-refractivity contribution in [1.29, 1.82) is 5.26 Å². The molecule has 0 radical (unpaired) electrons. The summed E-state index contributed by atoms with van der Waals surface area (Å²) in [6.07, 6.45) is 3.10. The Hall–Kier alpha value is -1.86. The van der Waals surface area contributed by atoms with Crippen LogP contribution in [0.4, 0.5) is 0 Å². The van der Waals surface area contributed by atoms with Gasteiger partial charge in [0.2, 0.25) is 0 Å². The summed E-state index contributed by atoms with van der Waals surface area (Å²) in [5.74, 6) is 0.683. The molecule has 0 saturated carbocycles. The summed E-state index contributed by atoms with van der Waals surface area (Å²) >= 11 is 0. The van der Waals surface area contributed by atoms with Crippen LogP contribution in [0.5, 0.6) is 0 Å². The van der Waals surface area contributed by atoms with Crippen molar-refractivity contribution in [3.8, 4) is 6.07 Å². The smallest absolute Gasteiger partial charge is 0.253 e. The lowest BCUT2D eigenvalue weighted by Gasteiger charge is -2.32. The van der Waals surface area contributed by atoms with Gasteiger partial charge in [0.25, 0.3) is 5.91 Å². The number of likely N-dealkylation sites (tertiary alicyclic amines) is 1. The minimum atomic E-state index is 0.0308. The summed E-state index contributed by atoms with van der Waals surface area (Å²) in [5, 5.41) is 8.86. The Balaban J connectivity index is 1.99. The number of piperidine rings is 1. The summed E-state index contributed by atoms with van der Waals surface area (Å²) in [5.41, 5.74) is 6.70. The van der Waals surface area contributed by atoms with E-state index in [0.29, 0.717) is 17.0 Å². The minimum absolute atomic E-state index is 0.0308. The van der Waals surface area contributed by atoms with E-state index in [4.69, 9.17) is 11.0 Å². The van der Waals surface area contributed by atoms with Crippen LogP contribution in [0.1, 0.15) is 35.2 Å². The molecule has 0 bridgehead atoms. The van der Waals surface area contributed by atoms with E-state index < -0.39 is 0 Å². The SMILES string of the molecule is N#Cc1cccc(C(=O)N2CCC(CCN)CC2)c1. The molecule has 2 rings (SSSR count). The van der Waals surface area contributed by atoms with E-state index in [0.717, 1.165) is 38.9 Å². The van der Waals surface area contributed by atoms with Gasteiger partial charge >= 0.3 is 0 Å². The van der Waals surface area contributed by atoms with Gasteiger partial charge in [-0.2, -0.15) is 5.26 Å². The van der Waals surface area contributed by atoms with E-state index in [1.165, 1.54) is 0 Å². The van der Waals surface area contributed by atoms with Gasteiger partial charge in [-0.1, -0.05) is 6.07 Å². The third-order valence-electron chi connectivity index (χ3n) is 3.72. The minimum Gasteiger partial charge on any atom is -0.339 e. The van der Waals surface area contributed by atoms with Gasteiger partial charge in [-0.25, -0.2) is 0 Å². The number of nitrogens with zero attached hydrogens (tertiary/aromatic N) is 2. The largest absolute Gasteiger partial charge is 0.339 e. The molecule has 0 unspecified atom stereocenters. The number of carbonyl (C=O) groups is 1. The van der Waals surface area contributed by atoms with E-state index in [2.05, 4.69) is 6.07 Å². The van der Waals surface area contributed by atoms with E-state index in [1.807, 2.05) is 4.90 Å². The Morgan fingerprint density at radius 3 is 2.79 bits per heavy atom. The topological polar surface area (TPSA) is 70.1 Å². The summed E-state index contributed by atoms with van der Waals surface area (Å²) < 4.78 is 0. The molecule has 2 N–H and O–H groups in total. The van der Waals surface area contributed by atoms with Crippen LogP contribution in [0.3, 0.4) is 0 Å². The van der Waals surface area contributed by atoms with Crippen LogP contribution < -0.4 is 5.73 Å². The van der Waals surface area contributed by atoms with Crippen molar-refractivity contribution in [2.75, 3.05) is 19.6 Å². The molecule has 1 aliphatic rings. The van der Waals surface area contributed by atoms with Crippen LogP contribution in [0.15, 0.2) is 24.3 Å². The van der Waals surface area contributed by atoms with E-state index >= 15 is 0 Å². The monoisotopic (exact) mass is 257 g/mol. The lowest BCUT2D eigenvalue weighted by Crippen LogP contribution is -2.38. The van der Waals surface area contributed by atoms with E-state index in [-0.39, 0.29) is 5.91 Å². The zero-order valence-electron chi connectivity index (χ0n) is 11.0. The third kappa shape index (κ3) is 3.33. The number of rotatable bonds is 3. The van der Waals surface area contributed by atoms with Crippen LogP contribution >= 0.6 is 0 Å². The molecule has 0 spiro atoms. The lowest BCUT2D eigenvalue weighted by atomic mass is 9.93. The molecule has 19 heavy (non-hydrogen) atoms. The second kappa shape index (κ2) is 6.35. The molecule has 1 aromatic rings. The van der Waals surface area contributed by atoms with Crippen LogP contribution in [-0.2, 0) is 0 Å². The summed E-state index contributed by atoms with van der Waals surface area (Å²) in [6.45, 7) is 2.31. The fourth-order valence-corrected chi connectivity index (χ4v) is 2.56. The zero-order chi connectivity index (χ0) is 13.7. The summed E-state index contributed by atoms with van der Waals surface area (Å²) in [4.78, 5) is 14.2. The van der Waals surface area contributed by atoms with Crippen molar-refractivity contribution in [1.82, 2.24) is 4.90 Å². The van der Waals surface area contributed by atoms with Crippen LogP contribution in [0.25, 0.3) is 0 Å². The number of hydrogen-bond donors (Lipinski definition) is 1. The lowest BCUT2D eigenvalue weighted by molar-refractivity contribution is 0.0688. The Morgan fingerprint density at radius 2 is 2.16 bits per heavy atom. The highest BCUT2D eigenvalue weighted by atomic mass is 16.2. The van der Waals surface area contributed by atoms with Gasteiger partial charge in [-0.3, -0.25) is 4.79 Å². The molecule has 0 aliphatic carbocycles. The number of nitrogens with two attached hydrogens (primary N) is 1. The average molecular weight is 257 g/mol. The second-order valence-electron chi connectivity index (χ2n) is 5.01. The van der Waals surface area contributed by atoms with Gasteiger partial charge in [-0.05, 0) is 49.9 Å². The molecular weight excluding hydrogens is 238 g/mol. The molecule has 1 saturated heterocycles. The fraction of sp³-hybridized carbons (Fsp3) is 0.467. The van der Waals surface area contributed by atoms with Crippen LogP contribution in [0, 0.1) is 17.2 Å². The maximum Gasteiger partial charge on any atom is 0.253 e. The first kappa shape index (κ1) is 13.6. The summed E-state index contributed by atoms with van der Waals surface area (Å²) in [6, 6.07) is 8.97. The van der Waals surface area contributed by atoms with Gasteiger partial charge in [0.05, 0.1) is 11.6 Å². The molecule has 100 valence electrons. The zero-order valence-corrected chi connectivity index (χ0v) is 11.0. The first-order valence-electron chi connectivity index (χ1n) is 6.74. The number of benzene rings is 1. The fourth-order valence-electron chi connectivity index (χ4n) is 2.56. The maximum absolute atomic E-state index is 12.3. The Bertz CT molecular complexity index is 484. The predicted molar refractivity (Wildman–Crippen MR) is 73.5 cm³/mol. The van der Waals surface area contributed by atoms with E-state index in [1.54, 1.807) is 24.3 Å². The highest BCUT2D eigenvalue weighted by molar-refractivity contribution is 5.94. The van der Waals surface area contributed by atoms with E-state index in [9.17, 15) is 4.79 Å². The molecule has 4 heteroatoms. The number of amides is 1. The Labute approximate surface area is 113 Å². The molecule has 1 aliphatic heterocycles. The van der Waals surface area contributed by atoms with Crippen molar-refractivity contribution >= 4 is 5.91 Å². The average Bonchev–Trinajstić information content (AvgIpc) is 2.48. The van der Waals surface area contributed by atoms with Crippen molar-refractivity contribution in [3.05, 3.63) is 35.4 Å². The summed E-state index contributed by atoms with van der Waals surface area (Å²) in [7, 11) is 0. The molecule has 1 amide bonds. The highest BCUT2D eigenvalue weighted by Gasteiger charge is 2.23. The predicted octanol–water partition coefficient (Wildman–Crippen LogP) is 1.76. The Morgan fingerprint density at radius 1 is 1.42 bits per heavy atom. The molecule has 0 atom stereocenters. The standard InChI is InChI=1S/C15H19N3O/c16-7-4-12-5-8-18(9-6-12)15(19)14-3-1-2-13(10-14)11-17/h1-3,10,12H,4-9,16H2. The molecule has 1 aromatic carbocycles. The van der Waals surface area contributed by atoms with Crippen molar-refractivity contribution in [3.63, 3.8) is 0 Å². The van der Waals surface area contributed by atoms with Gasteiger partial charge < -0.3 is 10.6 Å². The van der Waals surface area contributed by atoms with Gasteiger partial charge in [-0.15, -0.1) is 0 Å². The first-order valence-corrected chi connectivity index (χ1v) is 6.74. The Kier molecular flexibility index (Phi) is 4.53. The number of carbonyl (C=O) groups excluding carboxylic acids is 1. The van der Waals surface area contributed by atoms with Gasteiger partial charge in [0.15, 0.2) is 0 Å². The normalized spacial score (nSPS) is 16.1. The van der Waals surface area contributed by atoms with Crippen molar-refractivity contribution in [2.45, 2.75) is 19.3 Å². The maximum atomic E-state index is 12.3. The second-order valence-corrected chi connectivity index (χ2v) is 5.01. The van der Waals surface area contributed by atoms with Gasteiger partial charge in [0.1, 0.15) is 0 Å². The number of nitriles is 1. The highest BCUT2D eigenvalue weighted by Crippen LogP contribution is 2.21. The molecule has 4 nitrogen and oxygen atoms in total. The van der Waals surface area contributed by atoms with Crippen molar-refractivity contribution < 1.29 is 4.79 Å². The van der Waals surface area contributed by atoms with Crippen LogP contribution in [-0.4, -0.2) is 30.4 Å². The molecule has 1 heterocycles. The quantitative estimate of drug-likeness (QED) is 0.897. The molecular formula is C15H19N3O.